The van der Waals surface area contributed by atoms with Crippen molar-refractivity contribution in [1.29, 1.82) is 0 Å². The molecule has 2 heterocycles. The number of aliphatic hydroxyl groups is 6. The van der Waals surface area contributed by atoms with Gasteiger partial charge in [0, 0.05) is 19.5 Å². The molecule has 22 heteroatoms. The summed E-state index contributed by atoms with van der Waals surface area (Å²) < 4.78 is 23.5. The quantitative estimate of drug-likeness (QED) is 0.0687. The molecule has 0 aromatic rings. The lowest BCUT2D eigenvalue weighted by atomic mass is 9.83. The third-order valence-electron chi connectivity index (χ3n) is 7.47. The van der Waals surface area contributed by atoms with Crippen LogP contribution in [-0.2, 0) is 23.7 Å². The second-order valence-corrected chi connectivity index (χ2v) is 10.8. The minimum atomic E-state index is -1.70. The Morgan fingerprint density at radius 1 is 0.733 bits per heavy atom. The van der Waals surface area contributed by atoms with E-state index in [0.717, 1.165) is 0 Å². The molecule has 2 aliphatic heterocycles. The predicted molar refractivity (Wildman–Crippen MR) is 154 cm³/mol. The lowest BCUT2D eigenvalue weighted by molar-refractivity contribution is -0.306. The molecule has 0 spiro atoms. The zero-order valence-corrected chi connectivity index (χ0v) is 24.2. The summed E-state index contributed by atoms with van der Waals surface area (Å²) in [6.07, 6.45) is -17.0. The Morgan fingerprint density at radius 3 is 1.84 bits per heavy atom. The normalized spacial score (nSPS) is 39.9. The molecule has 2 saturated heterocycles. The average Bonchev–Trinajstić information content (AvgIpc) is 3.23. The van der Waals surface area contributed by atoms with E-state index in [1.807, 2.05) is 0 Å². The van der Waals surface area contributed by atoms with Crippen LogP contribution in [0.4, 0.5) is 0 Å². The van der Waals surface area contributed by atoms with Crippen LogP contribution in [0.3, 0.4) is 0 Å². The van der Waals surface area contributed by atoms with Crippen LogP contribution >= 0.6 is 0 Å². The maximum absolute atomic E-state index is 12.0. The number of hydrogen-bond acceptors (Lipinski definition) is 15. The molecule has 258 valence electrons. The summed E-state index contributed by atoms with van der Waals surface area (Å²) in [5.41, 5.74) is 39.0. The van der Waals surface area contributed by atoms with E-state index < -0.39 is 116 Å². The third kappa shape index (κ3) is 8.98. The fourth-order valence-electron chi connectivity index (χ4n) is 5.35. The summed E-state index contributed by atoms with van der Waals surface area (Å²) >= 11 is 0. The maximum Gasteiger partial charge on any atom is 0.221 e. The lowest BCUT2D eigenvalue weighted by Gasteiger charge is -2.47. The molecule has 45 heavy (non-hydrogen) atoms. The first-order valence-corrected chi connectivity index (χ1v) is 14.0. The molecule has 14 atom stereocenters. The summed E-state index contributed by atoms with van der Waals surface area (Å²) in [6, 6.07) is -3.67. The molecular weight excluding hydrogens is 606 g/mol. The minimum absolute atomic E-state index is 0.0149. The Morgan fingerprint density at radius 2 is 1.29 bits per heavy atom. The van der Waals surface area contributed by atoms with Gasteiger partial charge in [-0.1, -0.05) is 0 Å². The van der Waals surface area contributed by atoms with Crippen LogP contribution < -0.4 is 45.5 Å². The largest absolute Gasteiger partial charge is 0.394 e. The average molecular weight is 652 g/mol. The number of guanidine groups is 3. The van der Waals surface area contributed by atoms with Crippen molar-refractivity contribution >= 4 is 23.8 Å². The summed E-state index contributed by atoms with van der Waals surface area (Å²) in [7, 11) is 0. The van der Waals surface area contributed by atoms with Gasteiger partial charge < -0.3 is 95.0 Å². The summed E-state index contributed by atoms with van der Waals surface area (Å²) in [4.78, 5) is 24.2. The Balaban J connectivity index is 2.02. The van der Waals surface area contributed by atoms with Crippen LogP contribution in [0.5, 0.6) is 0 Å². The molecule has 21 N–H and O–H groups in total. The van der Waals surface area contributed by atoms with E-state index in [1.54, 1.807) is 0 Å². The number of hydrogen-bond donors (Lipinski definition) is 14. The number of nitrogens with zero attached hydrogens (tertiary/aromatic N) is 3. The molecule has 0 radical (unpaired) electrons. The minimum Gasteiger partial charge on any atom is -0.394 e. The van der Waals surface area contributed by atoms with Gasteiger partial charge >= 0.3 is 0 Å². The second-order valence-electron chi connectivity index (χ2n) is 10.8. The van der Waals surface area contributed by atoms with Crippen molar-refractivity contribution in [3.63, 3.8) is 0 Å². The van der Waals surface area contributed by atoms with Crippen LogP contribution in [0.1, 0.15) is 12.8 Å². The molecule has 1 amide bonds. The van der Waals surface area contributed by atoms with Crippen LogP contribution in [0.2, 0.25) is 0 Å². The van der Waals surface area contributed by atoms with E-state index >= 15 is 0 Å². The van der Waals surface area contributed by atoms with Gasteiger partial charge in [-0.2, -0.15) is 0 Å². The van der Waals surface area contributed by atoms with Gasteiger partial charge in [-0.15, -0.1) is 0 Å². The molecular formula is C23H45N11O11. The van der Waals surface area contributed by atoms with Crippen LogP contribution in [0.25, 0.3) is 0 Å². The van der Waals surface area contributed by atoms with Gasteiger partial charge in [0.1, 0.15) is 61.0 Å². The van der Waals surface area contributed by atoms with Gasteiger partial charge in [0.2, 0.25) is 5.91 Å². The summed E-state index contributed by atoms with van der Waals surface area (Å²) in [6.45, 7) is -0.891. The molecule has 22 nitrogen and oxygen atoms in total. The number of carbonyl (C=O) groups excluding carboxylic acids is 1. The van der Waals surface area contributed by atoms with Crippen LogP contribution in [0.15, 0.2) is 15.0 Å². The zero-order chi connectivity index (χ0) is 33.6. The molecule has 3 rings (SSSR count). The number of ether oxygens (including phenoxy) is 4. The van der Waals surface area contributed by atoms with E-state index in [4.69, 9.17) is 59.1 Å². The molecule has 0 aromatic carbocycles. The van der Waals surface area contributed by atoms with Gasteiger partial charge in [0.15, 0.2) is 30.5 Å². The number of nitrogens with one attached hydrogen (secondary N) is 1. The maximum atomic E-state index is 12.0. The Kier molecular flexibility index (Phi) is 12.8. The fourth-order valence-corrected chi connectivity index (χ4v) is 5.35. The first-order chi connectivity index (χ1) is 21.2. The zero-order valence-electron chi connectivity index (χ0n) is 24.2. The molecule has 0 bridgehead atoms. The highest BCUT2D eigenvalue weighted by molar-refractivity contribution is 5.77. The lowest BCUT2D eigenvalue weighted by Crippen LogP contribution is -2.64. The van der Waals surface area contributed by atoms with Gasteiger partial charge in [-0.3, -0.25) is 4.79 Å². The molecule has 3 aliphatic rings. The monoisotopic (exact) mass is 651 g/mol. The standard InChI is InChI=1S/C23H45N11O11/c24-2-1-10(36)31-4-8-13(38)15(40)11(34-23(29)30)19(42-8)44-17-7(33-22(27)28)3-6(32-21(25)26)12(37)18(17)45-20-16(41)14(39)9(5-35)43-20/h6-9,11-20,35,37-41H,1-5,24H2,(H,31,36)(H4,25,26,32)(H4,27,28,33)(H4,29,30,34)/t6-,7+,8-,9-,11-,12+,13-,14-,15-,16-,17-,18-,19-,20+/m1/s1. The molecule has 3 fully saturated rings. The number of amides is 1. The molecule has 1 saturated carbocycles. The van der Waals surface area contributed by atoms with E-state index in [-0.39, 0.29) is 25.9 Å². The van der Waals surface area contributed by atoms with E-state index in [1.165, 1.54) is 0 Å². The number of nitrogens with two attached hydrogens (primary N) is 7. The Hall–Kier alpha value is -3.16. The topological polar surface area (TPSA) is 407 Å². The van der Waals surface area contributed by atoms with Crippen molar-refractivity contribution in [3.05, 3.63) is 0 Å². The second kappa shape index (κ2) is 15.9. The Labute approximate surface area is 257 Å². The third-order valence-corrected chi connectivity index (χ3v) is 7.47. The first kappa shape index (κ1) is 36.3. The highest BCUT2D eigenvalue weighted by Crippen LogP contribution is 2.36. The van der Waals surface area contributed by atoms with Gasteiger partial charge in [0.05, 0.1) is 18.7 Å². The number of aliphatic imine (C=N–C) groups is 3. The smallest absolute Gasteiger partial charge is 0.221 e. The van der Waals surface area contributed by atoms with Crippen molar-refractivity contribution in [2.45, 2.75) is 98.5 Å². The summed E-state index contributed by atoms with van der Waals surface area (Å²) in [5, 5.41) is 66.0. The molecule has 1 aliphatic carbocycles. The van der Waals surface area contributed by atoms with Gasteiger partial charge in [-0.05, 0) is 6.42 Å². The number of aliphatic hydroxyl groups excluding tert-OH is 6. The van der Waals surface area contributed by atoms with Gasteiger partial charge in [-0.25, -0.2) is 15.0 Å². The molecule has 0 unspecified atom stereocenters. The SMILES string of the molecule is NCCC(=O)NC[C@H]1O[C@H](O[C@H]2[C@H](O[C@@H]3O[C@H](CO)[C@@H](O)[C@H]3O)[C@@H](O)[C@H](N=C(N)N)C[C@@H]2N=C(N)N)[C@H](N=C(N)N)[C@@H](O)[C@@H]1O. The van der Waals surface area contributed by atoms with E-state index in [2.05, 4.69) is 20.3 Å². The van der Waals surface area contributed by atoms with Crippen molar-refractivity contribution < 1.29 is 54.4 Å². The first-order valence-electron chi connectivity index (χ1n) is 14.0. The molecule has 0 aromatic heterocycles. The van der Waals surface area contributed by atoms with E-state index in [0.29, 0.717) is 0 Å². The Bertz CT molecular complexity index is 1080. The highest BCUT2D eigenvalue weighted by Gasteiger charge is 2.54. The van der Waals surface area contributed by atoms with Crippen molar-refractivity contribution in [1.82, 2.24) is 5.32 Å². The van der Waals surface area contributed by atoms with Crippen molar-refractivity contribution in [3.8, 4) is 0 Å². The van der Waals surface area contributed by atoms with E-state index in [9.17, 15) is 35.4 Å². The number of rotatable bonds is 12. The van der Waals surface area contributed by atoms with Gasteiger partial charge in [0.25, 0.3) is 0 Å². The fraction of sp³-hybridized carbons (Fsp3) is 0.826. The highest BCUT2D eigenvalue weighted by atomic mass is 16.7. The van der Waals surface area contributed by atoms with Crippen LogP contribution in [-0.4, -0.2) is 160 Å². The van der Waals surface area contributed by atoms with Crippen molar-refractivity contribution in [2.75, 3.05) is 19.7 Å². The summed E-state index contributed by atoms with van der Waals surface area (Å²) in [5.74, 6) is -1.77. The van der Waals surface area contributed by atoms with Crippen molar-refractivity contribution in [2.24, 2.45) is 55.1 Å². The van der Waals surface area contributed by atoms with Crippen LogP contribution in [0, 0.1) is 0 Å². The predicted octanol–water partition coefficient (Wildman–Crippen LogP) is -9.20. The number of carbonyl (C=O) groups is 1.